The molecule has 5 heteroatoms. The molecule has 1 aromatic rings. The highest BCUT2D eigenvalue weighted by Crippen LogP contribution is 2.26. The molecule has 4 nitrogen and oxygen atoms in total. The number of rotatable bonds is 3. The van der Waals surface area contributed by atoms with Gasteiger partial charge in [0.1, 0.15) is 0 Å². The van der Waals surface area contributed by atoms with E-state index in [2.05, 4.69) is 4.90 Å². The fourth-order valence-corrected chi connectivity index (χ4v) is 3.85. The van der Waals surface area contributed by atoms with Crippen LogP contribution in [0.25, 0.3) is 0 Å². The number of amides is 1. The molecular weight excluding hydrogens is 312 g/mol. The maximum atomic E-state index is 12.7. The van der Waals surface area contributed by atoms with Crippen molar-refractivity contribution in [3.63, 3.8) is 0 Å². The third-order valence-corrected chi connectivity index (χ3v) is 5.39. The topological polar surface area (TPSA) is 43.8 Å². The molecule has 1 aromatic carbocycles. The summed E-state index contributed by atoms with van der Waals surface area (Å²) in [6, 6.07) is 5.37. The number of nitrogens with zero attached hydrogens (tertiary/aromatic N) is 2. The van der Waals surface area contributed by atoms with Gasteiger partial charge in [0.15, 0.2) is 0 Å². The smallest absolute Gasteiger partial charge is 0.253 e. The fourth-order valence-electron chi connectivity index (χ4n) is 3.73. The average molecular weight is 337 g/mol. The van der Waals surface area contributed by atoms with Crippen molar-refractivity contribution in [2.75, 3.05) is 32.7 Å². The molecule has 0 aromatic heterocycles. The first-order chi connectivity index (χ1) is 11.0. The Morgan fingerprint density at radius 3 is 2.70 bits per heavy atom. The molecule has 2 saturated heterocycles. The monoisotopic (exact) mass is 336 g/mol. The van der Waals surface area contributed by atoms with Crippen LogP contribution >= 0.6 is 11.6 Å². The van der Waals surface area contributed by atoms with Gasteiger partial charge in [-0.15, -0.1) is 0 Å². The minimum absolute atomic E-state index is 0.00989. The molecule has 1 N–H and O–H groups in total. The van der Waals surface area contributed by atoms with Crippen molar-refractivity contribution >= 4 is 17.5 Å². The van der Waals surface area contributed by atoms with E-state index in [1.165, 1.54) is 12.8 Å². The zero-order chi connectivity index (χ0) is 16.4. The van der Waals surface area contributed by atoms with Crippen molar-refractivity contribution in [3.05, 3.63) is 34.3 Å². The van der Waals surface area contributed by atoms with Crippen molar-refractivity contribution in [2.45, 2.75) is 38.2 Å². The zero-order valence-electron chi connectivity index (χ0n) is 13.7. The van der Waals surface area contributed by atoms with Gasteiger partial charge in [0.25, 0.3) is 5.91 Å². The van der Waals surface area contributed by atoms with Gasteiger partial charge in [-0.25, -0.2) is 0 Å². The molecule has 2 heterocycles. The summed E-state index contributed by atoms with van der Waals surface area (Å²) in [7, 11) is 0. The van der Waals surface area contributed by atoms with E-state index < -0.39 is 5.60 Å². The highest BCUT2D eigenvalue weighted by atomic mass is 35.5. The summed E-state index contributed by atoms with van der Waals surface area (Å²) in [4.78, 5) is 16.9. The van der Waals surface area contributed by atoms with Crippen LogP contribution in [0.3, 0.4) is 0 Å². The van der Waals surface area contributed by atoms with Crippen LogP contribution in [-0.2, 0) is 0 Å². The lowest BCUT2D eigenvalue weighted by molar-refractivity contribution is -0.0431. The summed E-state index contributed by atoms with van der Waals surface area (Å²) in [5, 5.41) is 11.6. The van der Waals surface area contributed by atoms with Gasteiger partial charge in [0.2, 0.25) is 0 Å². The first-order valence-electron chi connectivity index (χ1n) is 8.47. The number of halogens is 1. The maximum absolute atomic E-state index is 12.7. The van der Waals surface area contributed by atoms with Crippen molar-refractivity contribution in [3.8, 4) is 0 Å². The molecule has 2 fully saturated rings. The van der Waals surface area contributed by atoms with Crippen LogP contribution in [0.15, 0.2) is 18.2 Å². The minimum Gasteiger partial charge on any atom is -0.387 e. The van der Waals surface area contributed by atoms with Crippen LogP contribution in [0.4, 0.5) is 0 Å². The van der Waals surface area contributed by atoms with E-state index in [0.717, 1.165) is 31.5 Å². The zero-order valence-corrected chi connectivity index (χ0v) is 14.5. The highest BCUT2D eigenvalue weighted by Gasteiger charge is 2.37. The molecule has 0 radical (unpaired) electrons. The lowest BCUT2D eigenvalue weighted by atomic mass is 9.91. The number of aliphatic hydroxyl groups is 1. The molecule has 0 spiro atoms. The van der Waals surface area contributed by atoms with Gasteiger partial charge in [-0.1, -0.05) is 11.6 Å². The van der Waals surface area contributed by atoms with Crippen LogP contribution < -0.4 is 0 Å². The van der Waals surface area contributed by atoms with Crippen molar-refractivity contribution < 1.29 is 9.90 Å². The normalized spacial score (nSPS) is 25.8. The highest BCUT2D eigenvalue weighted by molar-refractivity contribution is 6.31. The SMILES string of the molecule is Cc1cc(C(=O)N2CCC[C@@](O)(CN3CCCC3)C2)ccc1Cl. The third-order valence-electron chi connectivity index (χ3n) is 4.96. The van der Waals surface area contributed by atoms with E-state index in [-0.39, 0.29) is 5.91 Å². The fraction of sp³-hybridized carbons (Fsp3) is 0.611. The summed E-state index contributed by atoms with van der Waals surface area (Å²) >= 11 is 6.04. The van der Waals surface area contributed by atoms with Crippen molar-refractivity contribution in [1.82, 2.24) is 9.80 Å². The number of hydrogen-bond acceptors (Lipinski definition) is 3. The summed E-state index contributed by atoms with van der Waals surface area (Å²) in [5.74, 6) is -0.00989. The quantitative estimate of drug-likeness (QED) is 0.923. The Kier molecular flexibility index (Phi) is 4.95. The lowest BCUT2D eigenvalue weighted by Crippen LogP contribution is -2.55. The van der Waals surface area contributed by atoms with Gasteiger partial charge in [-0.05, 0) is 69.5 Å². The Morgan fingerprint density at radius 1 is 1.26 bits per heavy atom. The van der Waals surface area contributed by atoms with Gasteiger partial charge in [-0.3, -0.25) is 4.79 Å². The predicted molar refractivity (Wildman–Crippen MR) is 92.0 cm³/mol. The molecule has 2 aliphatic heterocycles. The molecule has 0 aliphatic carbocycles. The number of carbonyl (C=O) groups excluding carboxylic acids is 1. The van der Waals surface area contributed by atoms with Gasteiger partial charge >= 0.3 is 0 Å². The molecule has 126 valence electrons. The van der Waals surface area contributed by atoms with E-state index in [1.54, 1.807) is 17.0 Å². The van der Waals surface area contributed by atoms with Crippen LogP contribution in [-0.4, -0.2) is 59.1 Å². The van der Waals surface area contributed by atoms with E-state index in [4.69, 9.17) is 11.6 Å². The van der Waals surface area contributed by atoms with Gasteiger partial charge in [-0.2, -0.15) is 0 Å². The molecule has 0 unspecified atom stereocenters. The number of hydrogen-bond donors (Lipinski definition) is 1. The Morgan fingerprint density at radius 2 is 2.00 bits per heavy atom. The van der Waals surface area contributed by atoms with Gasteiger partial charge < -0.3 is 14.9 Å². The van der Waals surface area contributed by atoms with E-state index in [9.17, 15) is 9.90 Å². The number of piperidine rings is 1. The number of β-amino-alcohol motifs (C(OH)–C–C–N with tert-alkyl or cyclic N) is 1. The predicted octanol–water partition coefficient (Wildman–Crippen LogP) is 2.71. The van der Waals surface area contributed by atoms with Crippen LogP contribution in [0.1, 0.15) is 41.6 Å². The van der Waals surface area contributed by atoms with Crippen LogP contribution in [0.5, 0.6) is 0 Å². The number of benzene rings is 1. The summed E-state index contributed by atoms with van der Waals surface area (Å²) < 4.78 is 0. The first-order valence-corrected chi connectivity index (χ1v) is 8.85. The van der Waals surface area contributed by atoms with Gasteiger partial charge in [0.05, 0.1) is 12.1 Å². The molecule has 1 atom stereocenters. The Hall–Kier alpha value is -1.10. The van der Waals surface area contributed by atoms with Crippen molar-refractivity contribution in [2.24, 2.45) is 0 Å². The number of carbonyl (C=O) groups is 1. The summed E-state index contributed by atoms with van der Waals surface area (Å²) in [5.41, 5.74) is 0.777. The molecule has 0 saturated carbocycles. The summed E-state index contributed by atoms with van der Waals surface area (Å²) in [6.07, 6.45) is 4.04. The van der Waals surface area contributed by atoms with Gasteiger partial charge in [0, 0.05) is 23.7 Å². The molecular formula is C18H25ClN2O2. The molecule has 0 bridgehead atoms. The maximum Gasteiger partial charge on any atom is 0.253 e. The second-order valence-corrected chi connectivity index (χ2v) is 7.41. The Labute approximate surface area is 143 Å². The number of likely N-dealkylation sites (tertiary alicyclic amines) is 2. The second-order valence-electron chi connectivity index (χ2n) is 7.00. The third kappa shape index (κ3) is 3.87. The molecule has 3 rings (SSSR count). The van der Waals surface area contributed by atoms with Crippen molar-refractivity contribution in [1.29, 1.82) is 0 Å². The first kappa shape index (κ1) is 16.7. The van der Waals surface area contributed by atoms with E-state index >= 15 is 0 Å². The minimum atomic E-state index is -0.778. The summed E-state index contributed by atoms with van der Waals surface area (Å²) in [6.45, 7) is 5.83. The van der Waals surface area contributed by atoms with E-state index in [1.807, 2.05) is 13.0 Å². The molecule has 23 heavy (non-hydrogen) atoms. The Balaban J connectivity index is 1.69. The standard InChI is InChI=1S/C18H25ClN2O2/c1-14-11-15(5-6-16(14)19)17(22)21-10-4-7-18(23,13-21)12-20-8-2-3-9-20/h5-6,11,23H,2-4,7-10,12-13H2,1H3/t18-/m1/s1. The largest absolute Gasteiger partial charge is 0.387 e. The Bertz CT molecular complexity index is 586. The molecule has 1 amide bonds. The van der Waals surface area contributed by atoms with Crippen LogP contribution in [0.2, 0.25) is 5.02 Å². The molecule has 2 aliphatic rings. The average Bonchev–Trinajstić information content (AvgIpc) is 3.01. The van der Waals surface area contributed by atoms with E-state index in [0.29, 0.717) is 30.2 Å². The second kappa shape index (κ2) is 6.80. The lowest BCUT2D eigenvalue weighted by Gasteiger charge is -2.41. The number of aryl methyl sites for hydroxylation is 1. The van der Waals surface area contributed by atoms with Crippen LogP contribution in [0, 0.1) is 6.92 Å².